The molecule has 0 bridgehead atoms. The van der Waals surface area contributed by atoms with Gasteiger partial charge < -0.3 is 10.1 Å². The average Bonchev–Trinajstić information content (AvgIpc) is 2.25. The van der Waals surface area contributed by atoms with Crippen LogP contribution in [-0.2, 0) is 6.42 Å². The van der Waals surface area contributed by atoms with Crippen LogP contribution in [0.3, 0.4) is 0 Å². The fraction of sp³-hybridized carbons (Fsp3) is 0.500. The summed E-state index contributed by atoms with van der Waals surface area (Å²) >= 11 is 0. The van der Waals surface area contributed by atoms with Crippen LogP contribution in [-0.4, -0.2) is 20.2 Å². The molecule has 14 heavy (non-hydrogen) atoms. The lowest BCUT2D eigenvalue weighted by atomic mass is 10.2. The molecule has 0 aromatic heterocycles. The van der Waals surface area contributed by atoms with Crippen LogP contribution in [0.25, 0.3) is 0 Å². The first-order valence-electron chi connectivity index (χ1n) is 5.23. The topological polar surface area (TPSA) is 21.3 Å². The van der Waals surface area contributed by atoms with Gasteiger partial charge in [-0.1, -0.05) is 19.1 Å². The van der Waals surface area contributed by atoms with Crippen molar-refractivity contribution in [2.75, 3.05) is 20.2 Å². The Balaban J connectivity index is 2.34. The van der Waals surface area contributed by atoms with Crippen LogP contribution in [0.1, 0.15) is 18.9 Å². The van der Waals surface area contributed by atoms with Gasteiger partial charge >= 0.3 is 0 Å². The molecular formula is C12H19NO. The van der Waals surface area contributed by atoms with Crippen molar-refractivity contribution in [2.24, 2.45) is 0 Å². The van der Waals surface area contributed by atoms with Crippen LogP contribution >= 0.6 is 0 Å². The van der Waals surface area contributed by atoms with Crippen molar-refractivity contribution in [1.29, 1.82) is 0 Å². The van der Waals surface area contributed by atoms with E-state index in [1.54, 1.807) is 0 Å². The second-order valence-corrected chi connectivity index (χ2v) is 3.31. The van der Waals surface area contributed by atoms with Crippen LogP contribution < -0.4 is 10.1 Å². The fourth-order valence-electron chi connectivity index (χ4n) is 1.29. The van der Waals surface area contributed by atoms with E-state index in [2.05, 4.69) is 24.4 Å². The van der Waals surface area contributed by atoms with Crippen molar-refractivity contribution < 1.29 is 4.74 Å². The van der Waals surface area contributed by atoms with Gasteiger partial charge in [-0.05, 0) is 44.1 Å². The molecule has 78 valence electrons. The number of hydrogen-bond acceptors (Lipinski definition) is 2. The van der Waals surface area contributed by atoms with Gasteiger partial charge in [0.25, 0.3) is 0 Å². The molecule has 0 aliphatic rings. The summed E-state index contributed by atoms with van der Waals surface area (Å²) in [4.78, 5) is 0. The first-order chi connectivity index (χ1) is 6.86. The zero-order chi connectivity index (χ0) is 10.2. The van der Waals surface area contributed by atoms with Crippen LogP contribution in [0.5, 0.6) is 5.75 Å². The lowest BCUT2D eigenvalue weighted by molar-refractivity contribution is 0.309. The second-order valence-electron chi connectivity index (χ2n) is 3.31. The Morgan fingerprint density at radius 3 is 2.93 bits per heavy atom. The summed E-state index contributed by atoms with van der Waals surface area (Å²) in [6, 6.07) is 8.30. The minimum Gasteiger partial charge on any atom is -0.494 e. The van der Waals surface area contributed by atoms with Crippen LogP contribution in [0.15, 0.2) is 24.3 Å². The molecule has 0 fully saturated rings. The summed E-state index contributed by atoms with van der Waals surface area (Å²) in [5.41, 5.74) is 1.33. The molecule has 1 aromatic rings. The van der Waals surface area contributed by atoms with Crippen molar-refractivity contribution in [3.05, 3.63) is 29.8 Å². The maximum atomic E-state index is 5.61. The third-order valence-corrected chi connectivity index (χ3v) is 2.15. The van der Waals surface area contributed by atoms with E-state index in [0.29, 0.717) is 0 Å². The molecule has 0 aliphatic carbocycles. The molecule has 0 spiro atoms. The molecule has 1 rings (SSSR count). The second kappa shape index (κ2) is 6.44. The molecule has 2 nitrogen and oxygen atoms in total. The van der Waals surface area contributed by atoms with Crippen LogP contribution in [0.4, 0.5) is 0 Å². The van der Waals surface area contributed by atoms with E-state index in [1.165, 1.54) is 5.56 Å². The Bertz CT molecular complexity index is 260. The van der Waals surface area contributed by atoms with Crippen LogP contribution in [0, 0.1) is 0 Å². The van der Waals surface area contributed by atoms with Crippen LogP contribution in [0.2, 0.25) is 0 Å². The van der Waals surface area contributed by atoms with E-state index in [1.807, 2.05) is 19.2 Å². The molecule has 1 aromatic carbocycles. The summed E-state index contributed by atoms with van der Waals surface area (Å²) in [6.45, 7) is 3.95. The van der Waals surface area contributed by atoms with Gasteiger partial charge in [-0.3, -0.25) is 0 Å². The highest BCUT2D eigenvalue weighted by molar-refractivity contribution is 5.28. The Morgan fingerprint density at radius 1 is 1.36 bits per heavy atom. The molecule has 0 unspecified atom stereocenters. The molecule has 0 radical (unpaired) electrons. The molecule has 1 N–H and O–H groups in total. The standard InChI is InChI=1S/C12H19NO/c1-3-11-6-4-7-12(10-11)14-9-5-8-13-2/h4,6-7,10,13H,3,5,8-9H2,1-2H3. The van der Waals surface area contributed by atoms with Crippen molar-refractivity contribution in [3.63, 3.8) is 0 Å². The monoisotopic (exact) mass is 193 g/mol. The van der Waals surface area contributed by atoms with E-state index in [4.69, 9.17) is 4.74 Å². The molecule has 0 heterocycles. The Hall–Kier alpha value is -1.02. The first-order valence-corrected chi connectivity index (χ1v) is 5.23. The van der Waals surface area contributed by atoms with Gasteiger partial charge in [-0.25, -0.2) is 0 Å². The summed E-state index contributed by atoms with van der Waals surface area (Å²) in [7, 11) is 1.96. The third kappa shape index (κ3) is 3.79. The van der Waals surface area contributed by atoms with E-state index in [9.17, 15) is 0 Å². The molecule has 0 aliphatic heterocycles. The number of rotatable bonds is 6. The van der Waals surface area contributed by atoms with E-state index >= 15 is 0 Å². The summed E-state index contributed by atoms with van der Waals surface area (Å²) in [6.07, 6.45) is 2.11. The summed E-state index contributed by atoms with van der Waals surface area (Å²) < 4.78 is 5.61. The lowest BCUT2D eigenvalue weighted by Gasteiger charge is -2.06. The van der Waals surface area contributed by atoms with Gasteiger partial charge in [0.1, 0.15) is 5.75 Å². The van der Waals surface area contributed by atoms with Gasteiger partial charge in [-0.15, -0.1) is 0 Å². The Labute approximate surface area is 86.3 Å². The molecule has 0 saturated heterocycles. The Kier molecular flexibility index (Phi) is 5.08. The molecular weight excluding hydrogens is 174 g/mol. The van der Waals surface area contributed by atoms with E-state index in [0.717, 1.165) is 31.7 Å². The van der Waals surface area contributed by atoms with Crippen molar-refractivity contribution in [3.8, 4) is 5.75 Å². The van der Waals surface area contributed by atoms with Gasteiger partial charge in [0, 0.05) is 0 Å². The average molecular weight is 193 g/mol. The van der Waals surface area contributed by atoms with Gasteiger partial charge in [0.15, 0.2) is 0 Å². The largest absolute Gasteiger partial charge is 0.494 e. The number of benzene rings is 1. The normalized spacial score (nSPS) is 10.1. The molecule has 0 atom stereocenters. The lowest BCUT2D eigenvalue weighted by Crippen LogP contribution is -2.11. The van der Waals surface area contributed by atoms with Gasteiger partial charge in [0.2, 0.25) is 0 Å². The molecule has 0 amide bonds. The third-order valence-electron chi connectivity index (χ3n) is 2.15. The predicted octanol–water partition coefficient (Wildman–Crippen LogP) is 2.24. The molecule has 2 heteroatoms. The highest BCUT2D eigenvalue weighted by atomic mass is 16.5. The SMILES string of the molecule is CCc1cccc(OCCCNC)c1. The minimum atomic E-state index is 0.786. The maximum Gasteiger partial charge on any atom is 0.119 e. The molecule has 0 saturated carbocycles. The number of aryl methyl sites for hydroxylation is 1. The zero-order valence-electron chi connectivity index (χ0n) is 9.05. The first kappa shape index (κ1) is 11.1. The van der Waals surface area contributed by atoms with Gasteiger partial charge in [-0.2, -0.15) is 0 Å². The predicted molar refractivity (Wildman–Crippen MR) is 59.9 cm³/mol. The zero-order valence-corrected chi connectivity index (χ0v) is 9.05. The smallest absolute Gasteiger partial charge is 0.119 e. The highest BCUT2D eigenvalue weighted by Gasteiger charge is 1.94. The van der Waals surface area contributed by atoms with Crippen molar-refractivity contribution >= 4 is 0 Å². The summed E-state index contributed by atoms with van der Waals surface area (Å²) in [5, 5.41) is 3.10. The summed E-state index contributed by atoms with van der Waals surface area (Å²) in [5.74, 6) is 0.987. The minimum absolute atomic E-state index is 0.786. The van der Waals surface area contributed by atoms with E-state index < -0.39 is 0 Å². The number of ether oxygens (including phenoxy) is 1. The van der Waals surface area contributed by atoms with E-state index in [-0.39, 0.29) is 0 Å². The number of nitrogens with one attached hydrogen (secondary N) is 1. The quantitative estimate of drug-likeness (QED) is 0.700. The van der Waals surface area contributed by atoms with Crippen molar-refractivity contribution in [1.82, 2.24) is 5.32 Å². The Morgan fingerprint density at radius 2 is 2.21 bits per heavy atom. The van der Waals surface area contributed by atoms with Gasteiger partial charge in [0.05, 0.1) is 6.61 Å². The fourth-order valence-corrected chi connectivity index (χ4v) is 1.29. The number of hydrogen-bond donors (Lipinski definition) is 1. The highest BCUT2D eigenvalue weighted by Crippen LogP contribution is 2.13. The maximum absolute atomic E-state index is 5.61. The van der Waals surface area contributed by atoms with Crippen molar-refractivity contribution in [2.45, 2.75) is 19.8 Å².